The molecule has 27 heavy (non-hydrogen) atoms. The van der Waals surface area contributed by atoms with Gasteiger partial charge in [-0.3, -0.25) is 0 Å². The van der Waals surface area contributed by atoms with Crippen LogP contribution in [0, 0.1) is 0 Å². The Hall–Kier alpha value is -2.25. The molecule has 1 heterocycles. The largest absolute Gasteiger partial charge is 0.378 e. The first-order valence-corrected chi connectivity index (χ1v) is 10.9. The molecule has 0 amide bonds. The predicted octanol–water partition coefficient (Wildman–Crippen LogP) is 5.70. The molecule has 2 aliphatic rings. The van der Waals surface area contributed by atoms with Gasteiger partial charge in [-0.15, -0.1) is 0 Å². The van der Waals surface area contributed by atoms with Crippen molar-refractivity contribution in [2.45, 2.75) is 19.3 Å². The first-order chi connectivity index (χ1) is 13.0. The number of nitrogens with zero attached hydrogens (tertiary/aromatic N) is 2. The normalized spacial score (nSPS) is 16.9. The van der Waals surface area contributed by atoms with E-state index >= 15 is 0 Å². The minimum atomic E-state index is -1.98. The standard InChI is InChI=1S/C23H27N2OP/c1-24(2)18-12-8-16(9-13-18)22-20-6-5-7-21(20)23(27(22)26)17-10-14-19(15-11-17)25(3)4/h8-15,27H,5-7H2,1-4H3. The third-order valence-corrected chi connectivity index (χ3v) is 7.71. The summed E-state index contributed by atoms with van der Waals surface area (Å²) in [5.74, 6) is 0. The molecular formula is C23H27N2OP. The lowest BCUT2D eigenvalue weighted by Crippen LogP contribution is -2.08. The summed E-state index contributed by atoms with van der Waals surface area (Å²) in [7, 11) is 6.19. The molecule has 0 N–H and O–H groups in total. The highest BCUT2D eigenvalue weighted by Gasteiger charge is 2.34. The Bertz CT molecular complexity index is 873. The Labute approximate surface area is 162 Å². The monoisotopic (exact) mass is 378 g/mol. The van der Waals surface area contributed by atoms with E-state index in [0.717, 1.165) is 34.6 Å². The number of hydrogen-bond acceptors (Lipinski definition) is 3. The molecule has 0 unspecified atom stereocenters. The zero-order valence-corrected chi connectivity index (χ0v) is 17.5. The second kappa shape index (κ2) is 7.05. The van der Waals surface area contributed by atoms with E-state index < -0.39 is 7.80 Å². The van der Waals surface area contributed by atoms with E-state index in [4.69, 9.17) is 0 Å². The Balaban J connectivity index is 1.73. The van der Waals surface area contributed by atoms with Crippen molar-refractivity contribution >= 4 is 29.8 Å². The van der Waals surface area contributed by atoms with Crippen LogP contribution >= 0.6 is 7.80 Å². The first kappa shape index (κ1) is 18.1. The van der Waals surface area contributed by atoms with E-state index in [0.29, 0.717) is 0 Å². The van der Waals surface area contributed by atoms with Crippen molar-refractivity contribution in [3.8, 4) is 0 Å². The molecule has 1 saturated carbocycles. The minimum absolute atomic E-state index is 1.05. The molecule has 1 fully saturated rings. The summed E-state index contributed by atoms with van der Waals surface area (Å²) in [5, 5.41) is 2.20. The van der Waals surface area contributed by atoms with Crippen molar-refractivity contribution in [1.29, 1.82) is 0 Å². The fourth-order valence-corrected chi connectivity index (χ4v) is 6.37. The van der Waals surface area contributed by atoms with Crippen LogP contribution in [-0.2, 0) is 4.57 Å². The Morgan fingerprint density at radius 1 is 0.667 bits per heavy atom. The molecule has 0 aromatic heterocycles. The van der Waals surface area contributed by atoms with Gasteiger partial charge in [0.05, 0.1) is 0 Å². The average molecular weight is 378 g/mol. The van der Waals surface area contributed by atoms with Gasteiger partial charge in [0.1, 0.15) is 7.80 Å². The number of fused-ring (bicyclic) bond motifs is 1. The van der Waals surface area contributed by atoms with Crippen LogP contribution < -0.4 is 9.80 Å². The lowest BCUT2D eigenvalue weighted by Gasteiger charge is -2.15. The molecule has 0 bridgehead atoms. The lowest BCUT2D eigenvalue weighted by molar-refractivity contribution is 0.599. The van der Waals surface area contributed by atoms with Gasteiger partial charge in [-0.05, 0) is 65.8 Å². The van der Waals surface area contributed by atoms with Crippen LogP contribution in [0.1, 0.15) is 30.4 Å². The molecule has 0 atom stereocenters. The van der Waals surface area contributed by atoms with Crippen LogP contribution in [0.15, 0.2) is 59.7 Å². The van der Waals surface area contributed by atoms with Gasteiger partial charge in [0.2, 0.25) is 0 Å². The Kier molecular flexibility index (Phi) is 4.74. The maximum absolute atomic E-state index is 13.6. The topological polar surface area (TPSA) is 23.6 Å². The molecule has 2 aromatic rings. The molecule has 4 rings (SSSR count). The molecule has 1 aliphatic heterocycles. The maximum Gasteiger partial charge on any atom is 0.133 e. The van der Waals surface area contributed by atoms with Crippen molar-refractivity contribution in [2.24, 2.45) is 0 Å². The zero-order valence-electron chi connectivity index (χ0n) is 16.5. The summed E-state index contributed by atoms with van der Waals surface area (Å²) in [6.45, 7) is 0. The number of hydrogen-bond donors (Lipinski definition) is 0. The quantitative estimate of drug-likeness (QED) is 0.638. The fourth-order valence-electron chi connectivity index (χ4n) is 4.16. The summed E-state index contributed by atoms with van der Waals surface area (Å²) in [6, 6.07) is 17.0. The predicted molar refractivity (Wildman–Crippen MR) is 118 cm³/mol. The summed E-state index contributed by atoms with van der Waals surface area (Å²) >= 11 is 0. The lowest BCUT2D eigenvalue weighted by atomic mass is 10.0. The number of allylic oxidation sites excluding steroid dienone is 2. The highest BCUT2D eigenvalue weighted by molar-refractivity contribution is 7.67. The summed E-state index contributed by atoms with van der Waals surface area (Å²) < 4.78 is 13.6. The summed E-state index contributed by atoms with van der Waals surface area (Å²) in [4.78, 5) is 4.19. The van der Waals surface area contributed by atoms with Gasteiger partial charge in [0, 0.05) is 50.2 Å². The average Bonchev–Trinajstić information content (AvgIpc) is 3.21. The van der Waals surface area contributed by atoms with Crippen LogP contribution in [0.4, 0.5) is 11.4 Å². The van der Waals surface area contributed by atoms with Crippen LogP contribution in [0.5, 0.6) is 0 Å². The molecule has 140 valence electrons. The third-order valence-electron chi connectivity index (χ3n) is 5.62. The van der Waals surface area contributed by atoms with Crippen molar-refractivity contribution in [3.63, 3.8) is 0 Å². The van der Waals surface area contributed by atoms with Crippen molar-refractivity contribution in [3.05, 3.63) is 70.8 Å². The maximum atomic E-state index is 13.6. The Morgan fingerprint density at radius 3 is 1.37 bits per heavy atom. The van der Waals surface area contributed by atoms with Gasteiger partial charge < -0.3 is 14.4 Å². The smallest absolute Gasteiger partial charge is 0.133 e. The van der Waals surface area contributed by atoms with Gasteiger partial charge in [-0.1, -0.05) is 24.3 Å². The Morgan fingerprint density at radius 2 is 1.04 bits per heavy atom. The van der Waals surface area contributed by atoms with E-state index in [1.54, 1.807) is 0 Å². The molecule has 0 radical (unpaired) electrons. The molecule has 2 aromatic carbocycles. The van der Waals surface area contributed by atoms with Crippen LogP contribution in [0.25, 0.3) is 10.6 Å². The molecule has 0 saturated heterocycles. The van der Waals surface area contributed by atoms with E-state index in [-0.39, 0.29) is 0 Å². The number of rotatable bonds is 4. The second-order valence-electron chi connectivity index (χ2n) is 7.77. The summed E-state index contributed by atoms with van der Waals surface area (Å²) in [5.41, 5.74) is 7.28. The fraction of sp³-hybridized carbons (Fsp3) is 0.304. The van der Waals surface area contributed by atoms with Crippen LogP contribution in [-0.4, -0.2) is 28.2 Å². The second-order valence-corrected chi connectivity index (χ2v) is 9.43. The van der Waals surface area contributed by atoms with E-state index in [2.05, 4.69) is 58.3 Å². The first-order valence-electron chi connectivity index (χ1n) is 9.54. The summed E-state index contributed by atoms with van der Waals surface area (Å²) in [6.07, 6.45) is 3.27. The molecule has 3 nitrogen and oxygen atoms in total. The van der Waals surface area contributed by atoms with E-state index in [9.17, 15) is 4.57 Å². The van der Waals surface area contributed by atoms with Crippen molar-refractivity contribution in [2.75, 3.05) is 38.0 Å². The molecule has 1 aliphatic carbocycles. The highest BCUT2D eigenvalue weighted by atomic mass is 31.1. The van der Waals surface area contributed by atoms with E-state index in [1.165, 1.54) is 28.9 Å². The van der Waals surface area contributed by atoms with Crippen molar-refractivity contribution in [1.82, 2.24) is 0 Å². The molecular weight excluding hydrogens is 351 g/mol. The zero-order chi connectivity index (χ0) is 19.1. The number of anilines is 2. The van der Waals surface area contributed by atoms with Gasteiger partial charge in [-0.2, -0.15) is 0 Å². The molecule has 4 heteroatoms. The third kappa shape index (κ3) is 3.15. The van der Waals surface area contributed by atoms with E-state index in [1.807, 2.05) is 28.2 Å². The van der Waals surface area contributed by atoms with Crippen molar-refractivity contribution < 1.29 is 4.57 Å². The van der Waals surface area contributed by atoms with Crippen LogP contribution in [0.3, 0.4) is 0 Å². The van der Waals surface area contributed by atoms with Crippen LogP contribution in [0.2, 0.25) is 0 Å². The van der Waals surface area contributed by atoms with Gasteiger partial charge >= 0.3 is 0 Å². The van der Waals surface area contributed by atoms with Gasteiger partial charge in [0.25, 0.3) is 0 Å². The highest BCUT2D eigenvalue weighted by Crippen LogP contribution is 2.64. The minimum Gasteiger partial charge on any atom is -0.378 e. The molecule has 0 spiro atoms. The van der Waals surface area contributed by atoms with Gasteiger partial charge in [0.15, 0.2) is 0 Å². The number of benzene rings is 2. The SMILES string of the molecule is CN(C)c1ccc(C2=C3CCCC3=C(c3ccc(N(C)C)cc3)[PH]2=O)cc1. The van der Waals surface area contributed by atoms with Gasteiger partial charge in [-0.25, -0.2) is 0 Å².